The summed E-state index contributed by atoms with van der Waals surface area (Å²) >= 11 is 0. The molecule has 0 atom stereocenters. The molecule has 21 heavy (non-hydrogen) atoms. The number of para-hydroxylation sites is 2. The first-order valence-electron chi connectivity index (χ1n) is 8.35. The quantitative estimate of drug-likeness (QED) is 0.827. The molecule has 0 radical (unpaired) electrons. The van der Waals surface area contributed by atoms with Crippen LogP contribution in [0, 0.1) is 0 Å². The van der Waals surface area contributed by atoms with Crippen LogP contribution < -0.4 is 0 Å². The van der Waals surface area contributed by atoms with E-state index in [9.17, 15) is 0 Å². The van der Waals surface area contributed by atoms with E-state index in [1.165, 1.54) is 55.4 Å². The van der Waals surface area contributed by atoms with Crippen LogP contribution in [0.2, 0.25) is 0 Å². The molecule has 1 aromatic carbocycles. The molecule has 0 spiro atoms. The van der Waals surface area contributed by atoms with Gasteiger partial charge < -0.3 is 9.47 Å². The van der Waals surface area contributed by atoms with Gasteiger partial charge >= 0.3 is 0 Å². The molecule has 1 saturated carbocycles. The molecule has 1 aliphatic carbocycles. The average molecular weight is 285 g/mol. The van der Waals surface area contributed by atoms with E-state index in [2.05, 4.69) is 47.8 Å². The number of hydrogen-bond acceptors (Lipinski definition) is 2. The van der Waals surface area contributed by atoms with Crippen LogP contribution in [-0.4, -0.2) is 35.1 Å². The number of aromatic nitrogens is 2. The maximum atomic E-state index is 4.98. The van der Waals surface area contributed by atoms with Gasteiger partial charge in [0.15, 0.2) is 0 Å². The maximum Gasteiger partial charge on any atom is 0.112 e. The first kappa shape index (κ1) is 14.6. The molecular formula is C18H27N3. The lowest BCUT2D eigenvalue weighted by Crippen LogP contribution is -2.17. The van der Waals surface area contributed by atoms with E-state index in [4.69, 9.17) is 4.98 Å². The zero-order valence-corrected chi connectivity index (χ0v) is 13.4. The Hall–Kier alpha value is -1.35. The second-order valence-corrected chi connectivity index (χ2v) is 6.60. The van der Waals surface area contributed by atoms with E-state index in [1.54, 1.807) is 0 Å². The molecule has 0 amide bonds. The van der Waals surface area contributed by atoms with Gasteiger partial charge in [0, 0.05) is 12.5 Å². The van der Waals surface area contributed by atoms with Gasteiger partial charge in [-0.05, 0) is 52.0 Å². The Labute approximate surface area is 128 Å². The minimum Gasteiger partial charge on any atom is -0.328 e. The number of aryl methyl sites for hydroxylation is 1. The molecule has 114 valence electrons. The van der Waals surface area contributed by atoms with Crippen molar-refractivity contribution in [2.24, 2.45) is 0 Å². The molecule has 2 aromatic rings. The molecule has 1 heterocycles. The molecular weight excluding hydrogens is 258 g/mol. The highest BCUT2D eigenvalue weighted by Crippen LogP contribution is 2.34. The highest BCUT2D eigenvalue weighted by Gasteiger charge is 2.22. The Kier molecular flexibility index (Phi) is 4.59. The highest BCUT2D eigenvalue weighted by atomic mass is 15.1. The molecule has 1 aromatic heterocycles. The third-order valence-electron chi connectivity index (χ3n) is 4.64. The average Bonchev–Trinajstić information content (AvgIpc) is 2.87. The molecule has 3 rings (SSSR count). The summed E-state index contributed by atoms with van der Waals surface area (Å²) in [5.41, 5.74) is 2.49. The summed E-state index contributed by atoms with van der Waals surface area (Å²) in [6.07, 6.45) is 7.95. The van der Waals surface area contributed by atoms with Gasteiger partial charge in [-0.25, -0.2) is 4.98 Å². The lowest BCUT2D eigenvalue weighted by molar-refractivity contribution is 0.377. The Bertz CT molecular complexity index is 579. The minimum atomic E-state index is 0.672. The van der Waals surface area contributed by atoms with Crippen molar-refractivity contribution >= 4 is 11.0 Å². The fraction of sp³-hybridized carbons (Fsp3) is 0.611. The Morgan fingerprint density at radius 3 is 2.67 bits per heavy atom. The molecule has 3 nitrogen and oxygen atoms in total. The second-order valence-electron chi connectivity index (χ2n) is 6.60. The minimum absolute atomic E-state index is 0.672. The van der Waals surface area contributed by atoms with Crippen molar-refractivity contribution in [3.63, 3.8) is 0 Å². The normalized spacial score (nSPS) is 16.9. The van der Waals surface area contributed by atoms with Crippen LogP contribution in [0.5, 0.6) is 0 Å². The van der Waals surface area contributed by atoms with Crippen molar-refractivity contribution in [3.05, 3.63) is 30.1 Å². The van der Waals surface area contributed by atoms with Gasteiger partial charge in [-0.2, -0.15) is 0 Å². The van der Waals surface area contributed by atoms with Crippen LogP contribution in [0.1, 0.15) is 50.3 Å². The Balaban J connectivity index is 1.89. The number of rotatable bonds is 5. The Morgan fingerprint density at radius 2 is 1.90 bits per heavy atom. The number of imidazole rings is 1. The van der Waals surface area contributed by atoms with Crippen LogP contribution in [0.25, 0.3) is 11.0 Å². The van der Waals surface area contributed by atoms with Gasteiger partial charge in [-0.3, -0.25) is 0 Å². The van der Waals surface area contributed by atoms with E-state index in [0.717, 1.165) is 13.1 Å². The molecule has 0 aliphatic heterocycles. The van der Waals surface area contributed by atoms with Crippen molar-refractivity contribution in [2.45, 2.75) is 51.0 Å². The van der Waals surface area contributed by atoms with Crippen LogP contribution in [0.15, 0.2) is 24.3 Å². The van der Waals surface area contributed by atoms with E-state index >= 15 is 0 Å². The summed E-state index contributed by atoms with van der Waals surface area (Å²) in [4.78, 5) is 7.25. The van der Waals surface area contributed by atoms with Crippen molar-refractivity contribution < 1.29 is 0 Å². The molecule has 0 N–H and O–H groups in total. The lowest BCUT2D eigenvalue weighted by Gasteiger charge is -2.22. The summed E-state index contributed by atoms with van der Waals surface area (Å²) < 4.78 is 2.49. The second kappa shape index (κ2) is 6.61. The molecule has 0 bridgehead atoms. The fourth-order valence-corrected chi connectivity index (χ4v) is 3.55. The topological polar surface area (TPSA) is 21.1 Å². The van der Waals surface area contributed by atoms with E-state index in [1.807, 2.05) is 0 Å². The van der Waals surface area contributed by atoms with Crippen molar-refractivity contribution in [3.8, 4) is 0 Å². The van der Waals surface area contributed by atoms with Crippen LogP contribution >= 0.6 is 0 Å². The predicted octanol–water partition coefficient (Wildman–Crippen LogP) is 4.04. The van der Waals surface area contributed by atoms with Crippen molar-refractivity contribution in [1.82, 2.24) is 14.5 Å². The molecule has 1 aliphatic rings. The van der Waals surface area contributed by atoms with Crippen LogP contribution in [0.3, 0.4) is 0 Å². The lowest BCUT2D eigenvalue weighted by atomic mass is 9.88. The van der Waals surface area contributed by atoms with Gasteiger partial charge in [0.25, 0.3) is 0 Å². The van der Waals surface area contributed by atoms with Gasteiger partial charge in [0.1, 0.15) is 5.82 Å². The monoisotopic (exact) mass is 285 g/mol. The van der Waals surface area contributed by atoms with E-state index < -0.39 is 0 Å². The first-order valence-corrected chi connectivity index (χ1v) is 8.35. The zero-order chi connectivity index (χ0) is 14.7. The SMILES string of the molecule is CN(C)CCCn1c(C2CCCCC2)nc2ccccc21. The van der Waals surface area contributed by atoms with E-state index in [0.29, 0.717) is 5.92 Å². The molecule has 0 unspecified atom stereocenters. The predicted molar refractivity (Wildman–Crippen MR) is 88.7 cm³/mol. The van der Waals surface area contributed by atoms with Gasteiger partial charge in [0.05, 0.1) is 11.0 Å². The summed E-state index contributed by atoms with van der Waals surface area (Å²) in [7, 11) is 4.29. The molecule has 1 fully saturated rings. The molecule has 0 saturated heterocycles. The number of nitrogens with zero attached hydrogens (tertiary/aromatic N) is 3. The number of fused-ring (bicyclic) bond motifs is 1. The third-order valence-corrected chi connectivity index (χ3v) is 4.64. The van der Waals surface area contributed by atoms with Gasteiger partial charge in [-0.1, -0.05) is 31.4 Å². The third kappa shape index (κ3) is 3.29. The van der Waals surface area contributed by atoms with Gasteiger partial charge in [0.2, 0.25) is 0 Å². The smallest absolute Gasteiger partial charge is 0.112 e. The van der Waals surface area contributed by atoms with E-state index in [-0.39, 0.29) is 0 Å². The van der Waals surface area contributed by atoms with Crippen LogP contribution in [0.4, 0.5) is 0 Å². The largest absolute Gasteiger partial charge is 0.328 e. The summed E-state index contributed by atoms with van der Waals surface area (Å²) in [5, 5.41) is 0. The Morgan fingerprint density at radius 1 is 1.14 bits per heavy atom. The summed E-state index contributed by atoms with van der Waals surface area (Å²) in [6, 6.07) is 8.62. The highest BCUT2D eigenvalue weighted by molar-refractivity contribution is 5.76. The number of hydrogen-bond donors (Lipinski definition) is 0. The fourth-order valence-electron chi connectivity index (χ4n) is 3.55. The number of benzene rings is 1. The first-order chi connectivity index (χ1) is 10.3. The van der Waals surface area contributed by atoms with Crippen LogP contribution in [-0.2, 0) is 6.54 Å². The van der Waals surface area contributed by atoms with Crippen molar-refractivity contribution in [2.75, 3.05) is 20.6 Å². The zero-order valence-electron chi connectivity index (χ0n) is 13.4. The summed E-state index contributed by atoms with van der Waals surface area (Å²) in [5.74, 6) is 2.01. The summed E-state index contributed by atoms with van der Waals surface area (Å²) in [6.45, 7) is 2.22. The van der Waals surface area contributed by atoms with Crippen molar-refractivity contribution in [1.29, 1.82) is 0 Å². The maximum absolute atomic E-state index is 4.98. The standard InChI is InChI=1S/C18H27N3/c1-20(2)13-8-14-21-17-12-7-6-11-16(17)19-18(21)15-9-4-3-5-10-15/h6-7,11-12,15H,3-5,8-10,13-14H2,1-2H3. The molecule has 3 heteroatoms. The van der Waals surface area contributed by atoms with Gasteiger partial charge in [-0.15, -0.1) is 0 Å².